The molecule has 0 aromatic carbocycles. The Morgan fingerprint density at radius 2 is 1.18 bits per heavy atom. The summed E-state index contributed by atoms with van der Waals surface area (Å²) < 4.78 is 49.2. The first-order chi connectivity index (χ1) is 20.4. The predicted octanol–water partition coefficient (Wildman–Crippen LogP) is -1.07. The van der Waals surface area contributed by atoms with Crippen LogP contribution in [0.15, 0.2) is 12.3 Å². The van der Waals surface area contributed by atoms with Crippen LogP contribution in [0.25, 0.3) is 0 Å². The lowest BCUT2D eigenvalue weighted by Crippen LogP contribution is -2.64. The van der Waals surface area contributed by atoms with E-state index in [0.717, 1.165) is 53.9 Å². The average Bonchev–Trinajstić information content (AvgIpc) is 3.02. The number of aliphatic hydroxyl groups is 2. The molecule has 3 aliphatic rings. The summed E-state index contributed by atoms with van der Waals surface area (Å²) in [7, 11) is 0. The fourth-order valence-corrected chi connectivity index (χ4v) is 5.60. The monoisotopic (exact) mass is 632 g/mol. The van der Waals surface area contributed by atoms with Crippen molar-refractivity contribution in [3.8, 4) is 0 Å². The number of hydrogen-bond acceptors (Lipinski definition) is 17. The molecule has 2 N–H and O–H groups in total. The van der Waals surface area contributed by atoms with Gasteiger partial charge in [0.2, 0.25) is 12.6 Å². The lowest BCUT2D eigenvalue weighted by molar-refractivity contribution is -0.353. The van der Waals surface area contributed by atoms with E-state index in [9.17, 15) is 39.0 Å². The summed E-state index contributed by atoms with van der Waals surface area (Å²) in [6.45, 7) is 6.96. The van der Waals surface area contributed by atoms with E-state index in [1.807, 2.05) is 0 Å². The van der Waals surface area contributed by atoms with Crippen molar-refractivity contribution in [1.29, 1.82) is 0 Å². The largest absolute Gasteiger partial charge is 0.472 e. The zero-order valence-corrected chi connectivity index (χ0v) is 25.1. The Bertz CT molecular complexity index is 1180. The van der Waals surface area contributed by atoms with Gasteiger partial charge in [0.25, 0.3) is 0 Å². The Morgan fingerprint density at radius 1 is 0.682 bits per heavy atom. The topological polar surface area (TPSA) is 226 Å². The Kier molecular flexibility index (Phi) is 10.6. The maximum Gasteiger partial charge on any atom is 0.303 e. The number of esters is 6. The molecule has 0 aromatic rings. The van der Waals surface area contributed by atoms with Gasteiger partial charge < -0.3 is 52.8 Å². The summed E-state index contributed by atoms with van der Waals surface area (Å²) in [5, 5.41) is 23.4. The lowest BCUT2D eigenvalue weighted by Gasteiger charge is -2.47. The van der Waals surface area contributed by atoms with Crippen molar-refractivity contribution in [3.05, 3.63) is 12.3 Å². The number of fused-ring (bicyclic) bond motifs is 1. The van der Waals surface area contributed by atoms with E-state index in [0.29, 0.717) is 0 Å². The summed E-state index contributed by atoms with van der Waals surface area (Å²) in [5.74, 6) is -6.66. The average molecular weight is 633 g/mol. The van der Waals surface area contributed by atoms with Crippen molar-refractivity contribution in [3.63, 3.8) is 0 Å². The van der Waals surface area contributed by atoms with E-state index in [1.54, 1.807) is 0 Å². The molecule has 0 spiro atoms. The Hall–Kier alpha value is -3.80. The van der Waals surface area contributed by atoms with Crippen molar-refractivity contribution >= 4 is 35.8 Å². The number of carbonyl (C=O) groups is 6. The number of hydrogen-bond donors (Lipinski definition) is 2. The molecule has 2 heterocycles. The highest BCUT2D eigenvalue weighted by Crippen LogP contribution is 2.52. The van der Waals surface area contributed by atoms with E-state index < -0.39 is 109 Å². The molecule has 17 heteroatoms. The quantitative estimate of drug-likeness (QED) is 0.228. The second kappa shape index (κ2) is 13.5. The first-order valence-electron chi connectivity index (χ1n) is 13.5. The summed E-state index contributed by atoms with van der Waals surface area (Å²) in [5.41, 5.74) is -4.45. The van der Waals surface area contributed by atoms with E-state index in [1.165, 1.54) is 6.92 Å². The highest BCUT2D eigenvalue weighted by Gasteiger charge is 2.72. The zero-order chi connectivity index (χ0) is 33.1. The van der Waals surface area contributed by atoms with Gasteiger partial charge >= 0.3 is 35.8 Å². The second-order valence-corrected chi connectivity index (χ2v) is 10.7. The van der Waals surface area contributed by atoms with Gasteiger partial charge in [-0.25, -0.2) is 0 Å². The molecule has 0 aromatic heterocycles. The molecule has 0 radical (unpaired) electrons. The van der Waals surface area contributed by atoms with E-state index >= 15 is 0 Å². The second-order valence-electron chi connectivity index (χ2n) is 10.7. The summed E-state index contributed by atoms with van der Waals surface area (Å²) in [6, 6.07) is 0. The standard InChI is InChI=1S/C27H36O17/c1-11(28)37-10-17-18(38-12(2)29)19(39-13(3)30)20(40-14(4)31)24(43-17)44-25-21-26(7,34)22(41-15(5)32)23(42-16(6)33)27(21,35)8-9-36-25/h8-9,17-25,34-35H,10H2,1-7H3/t17-,18-,19+,20-,21-,22+,23-,24+,25+,26+,27+/m1/s1. The van der Waals surface area contributed by atoms with Gasteiger partial charge in [-0.1, -0.05) is 0 Å². The van der Waals surface area contributed by atoms with Gasteiger partial charge in [0, 0.05) is 41.5 Å². The smallest absolute Gasteiger partial charge is 0.303 e. The summed E-state index contributed by atoms with van der Waals surface area (Å²) >= 11 is 0. The van der Waals surface area contributed by atoms with Gasteiger partial charge in [-0.2, -0.15) is 0 Å². The van der Waals surface area contributed by atoms with Crippen LogP contribution >= 0.6 is 0 Å². The van der Waals surface area contributed by atoms with Gasteiger partial charge in [-0.3, -0.25) is 28.8 Å². The molecule has 11 atom stereocenters. The third-order valence-electron chi connectivity index (χ3n) is 7.06. The molecule has 0 bridgehead atoms. The van der Waals surface area contributed by atoms with Gasteiger partial charge in [0.1, 0.15) is 23.9 Å². The van der Waals surface area contributed by atoms with Crippen LogP contribution < -0.4 is 0 Å². The van der Waals surface area contributed by atoms with Crippen molar-refractivity contribution < 1.29 is 81.6 Å². The highest BCUT2D eigenvalue weighted by atomic mass is 16.8. The van der Waals surface area contributed by atoms with Crippen LogP contribution in [0.4, 0.5) is 0 Å². The van der Waals surface area contributed by atoms with E-state index in [4.69, 9.17) is 42.6 Å². The van der Waals surface area contributed by atoms with Crippen molar-refractivity contribution in [2.24, 2.45) is 5.92 Å². The zero-order valence-electron chi connectivity index (χ0n) is 25.1. The molecule has 1 saturated carbocycles. The molecule has 1 saturated heterocycles. The van der Waals surface area contributed by atoms with Crippen molar-refractivity contribution in [2.75, 3.05) is 6.61 Å². The Balaban J connectivity index is 2.08. The molecule has 1 aliphatic carbocycles. The minimum atomic E-state index is -2.25. The van der Waals surface area contributed by atoms with Gasteiger partial charge in [-0.15, -0.1) is 0 Å². The number of rotatable bonds is 9. The van der Waals surface area contributed by atoms with Crippen LogP contribution in [0.1, 0.15) is 48.5 Å². The van der Waals surface area contributed by atoms with Crippen molar-refractivity contribution in [2.45, 2.75) is 109 Å². The van der Waals surface area contributed by atoms with Crippen LogP contribution in [0.2, 0.25) is 0 Å². The predicted molar refractivity (Wildman–Crippen MR) is 137 cm³/mol. The molecular weight excluding hydrogens is 596 g/mol. The lowest BCUT2D eigenvalue weighted by atomic mass is 9.81. The SMILES string of the molecule is CC(=O)OC[C@H]1O[C@@H](O[C@@H]2OC=C[C@@]3(O)[C@H](OC(C)=O)[C@H](OC(C)=O)[C@@](C)(O)[C@@H]23)[C@H](OC(C)=O)[C@@H](OC(C)=O)[C@@H]1OC(C)=O. The summed E-state index contributed by atoms with van der Waals surface area (Å²) in [6.07, 6.45) is -10.7. The van der Waals surface area contributed by atoms with Crippen LogP contribution in [0, 0.1) is 5.92 Å². The number of ether oxygens (including phenoxy) is 9. The molecular formula is C27H36O17. The van der Waals surface area contributed by atoms with Crippen molar-refractivity contribution in [1.82, 2.24) is 0 Å². The number of carbonyl (C=O) groups excluding carboxylic acids is 6. The molecule has 0 amide bonds. The molecule has 17 nitrogen and oxygen atoms in total. The van der Waals surface area contributed by atoms with Gasteiger partial charge in [0.05, 0.1) is 12.2 Å². The molecule has 3 rings (SSSR count). The van der Waals surface area contributed by atoms with Crippen LogP contribution in [0.3, 0.4) is 0 Å². The third-order valence-corrected chi connectivity index (χ3v) is 7.06. The van der Waals surface area contributed by atoms with Gasteiger partial charge in [-0.05, 0) is 13.0 Å². The van der Waals surface area contributed by atoms with E-state index in [2.05, 4.69) is 0 Å². The molecule has 246 valence electrons. The van der Waals surface area contributed by atoms with Crippen LogP contribution in [0.5, 0.6) is 0 Å². The van der Waals surface area contributed by atoms with E-state index in [-0.39, 0.29) is 0 Å². The minimum absolute atomic E-state index is 0.544. The maximum atomic E-state index is 12.2. The fourth-order valence-electron chi connectivity index (χ4n) is 5.60. The highest BCUT2D eigenvalue weighted by molar-refractivity contribution is 5.69. The Labute approximate surface area is 251 Å². The summed E-state index contributed by atoms with van der Waals surface area (Å²) in [4.78, 5) is 71.8. The first-order valence-corrected chi connectivity index (χ1v) is 13.5. The van der Waals surface area contributed by atoms with Crippen LogP contribution in [-0.4, -0.2) is 113 Å². The molecule has 0 unspecified atom stereocenters. The fraction of sp³-hybridized carbons (Fsp3) is 0.704. The third kappa shape index (κ3) is 7.46. The molecule has 2 fully saturated rings. The van der Waals surface area contributed by atoms with Crippen LogP contribution in [-0.2, 0) is 71.4 Å². The normalized spacial score (nSPS) is 37.4. The maximum absolute atomic E-state index is 12.2. The van der Waals surface area contributed by atoms with Gasteiger partial charge in [0.15, 0.2) is 30.5 Å². The first kappa shape index (κ1) is 34.7. The molecule has 2 aliphatic heterocycles. The minimum Gasteiger partial charge on any atom is -0.472 e. The Morgan fingerprint density at radius 3 is 1.70 bits per heavy atom. The molecule has 44 heavy (non-hydrogen) atoms.